The maximum Gasteiger partial charge on any atom is 0.174 e. The van der Waals surface area contributed by atoms with Gasteiger partial charge >= 0.3 is 0 Å². The van der Waals surface area contributed by atoms with Gasteiger partial charge in [0.15, 0.2) is 6.29 Å². The van der Waals surface area contributed by atoms with E-state index < -0.39 is 0 Å². The van der Waals surface area contributed by atoms with Crippen LogP contribution in [0.25, 0.3) is 11.0 Å². The summed E-state index contributed by atoms with van der Waals surface area (Å²) in [5, 5.41) is 1.72. The van der Waals surface area contributed by atoms with Gasteiger partial charge in [0.2, 0.25) is 0 Å². The van der Waals surface area contributed by atoms with Crippen LogP contribution in [-0.4, -0.2) is 27.1 Å². The number of carbonyl (C=O) groups is 1. The minimum absolute atomic E-state index is 0.0602. The normalized spacial score (nSPS) is 18.8. The van der Waals surface area contributed by atoms with Gasteiger partial charge in [-0.2, -0.15) is 0 Å². The number of aromatic nitrogens is 2. The molecule has 1 aliphatic rings. The van der Waals surface area contributed by atoms with E-state index in [-0.39, 0.29) is 6.04 Å². The molecule has 0 bridgehead atoms. The van der Waals surface area contributed by atoms with Crippen LogP contribution < -0.4 is 0 Å². The van der Waals surface area contributed by atoms with E-state index in [1.807, 2.05) is 12.4 Å². The van der Waals surface area contributed by atoms with Crippen LogP contribution in [0.1, 0.15) is 31.0 Å². The highest BCUT2D eigenvalue weighted by Crippen LogP contribution is 2.34. The number of fused-ring (bicyclic) bond motifs is 1. The summed E-state index contributed by atoms with van der Waals surface area (Å²) in [6.45, 7) is 4.41. The Labute approximate surface area is 122 Å². The zero-order valence-corrected chi connectivity index (χ0v) is 12.4. The first-order chi connectivity index (χ1) is 9.67. The van der Waals surface area contributed by atoms with E-state index in [0.717, 1.165) is 35.1 Å². The second-order valence-corrected chi connectivity index (χ2v) is 6.53. The zero-order chi connectivity index (χ0) is 14.1. The Morgan fingerprint density at radius 1 is 1.55 bits per heavy atom. The van der Waals surface area contributed by atoms with Crippen molar-refractivity contribution < 1.29 is 4.79 Å². The van der Waals surface area contributed by atoms with Crippen molar-refractivity contribution in [1.29, 1.82) is 0 Å². The first-order valence-electron chi connectivity index (χ1n) is 6.79. The second kappa shape index (κ2) is 5.40. The van der Waals surface area contributed by atoms with Gasteiger partial charge in [-0.05, 0) is 24.0 Å². The fourth-order valence-electron chi connectivity index (χ4n) is 2.54. The summed E-state index contributed by atoms with van der Waals surface area (Å²) in [7, 11) is 0. The molecular weight excluding hydrogens is 270 g/mol. The monoisotopic (exact) mass is 287 g/mol. The lowest BCUT2D eigenvalue weighted by molar-refractivity contribution is -0.102. The van der Waals surface area contributed by atoms with E-state index in [0.29, 0.717) is 11.0 Å². The van der Waals surface area contributed by atoms with Crippen molar-refractivity contribution in [3.8, 4) is 0 Å². The smallest absolute Gasteiger partial charge is 0.174 e. The maximum atomic E-state index is 10.8. The number of hydrogen-bond donors (Lipinski definition) is 1. The Bertz CT molecular complexity index is 675. The van der Waals surface area contributed by atoms with E-state index in [4.69, 9.17) is 0 Å². The molecule has 4 nitrogen and oxygen atoms in total. The van der Waals surface area contributed by atoms with Crippen LogP contribution in [0.4, 0.5) is 0 Å². The van der Waals surface area contributed by atoms with Crippen molar-refractivity contribution in [2.75, 3.05) is 5.75 Å². The molecule has 2 aromatic rings. The minimum atomic E-state index is 0.0602. The molecule has 0 fully saturated rings. The Hall–Kier alpha value is -1.62. The third-order valence-electron chi connectivity index (χ3n) is 3.40. The minimum Gasteiger partial charge on any atom is -0.346 e. The second-order valence-electron chi connectivity index (χ2n) is 5.49. The summed E-state index contributed by atoms with van der Waals surface area (Å²) in [5.74, 6) is 1.44. The molecular formula is C15H17N3OS. The number of pyridine rings is 1. The van der Waals surface area contributed by atoms with E-state index in [2.05, 4.69) is 34.9 Å². The molecule has 0 saturated heterocycles. The number of aliphatic imine (C=N–C) groups is 1. The predicted molar refractivity (Wildman–Crippen MR) is 83.3 cm³/mol. The van der Waals surface area contributed by atoms with Crippen molar-refractivity contribution in [2.24, 2.45) is 10.9 Å². The number of H-pyrrole nitrogens is 1. The quantitative estimate of drug-likeness (QED) is 0.879. The topological polar surface area (TPSA) is 58.1 Å². The van der Waals surface area contributed by atoms with Gasteiger partial charge in [-0.25, -0.2) is 4.98 Å². The van der Waals surface area contributed by atoms with Gasteiger partial charge in [0.1, 0.15) is 10.7 Å². The largest absolute Gasteiger partial charge is 0.346 e. The van der Waals surface area contributed by atoms with Gasteiger partial charge in [0.05, 0.1) is 6.04 Å². The van der Waals surface area contributed by atoms with E-state index in [1.54, 1.807) is 0 Å². The van der Waals surface area contributed by atoms with E-state index in [1.165, 1.54) is 17.3 Å². The third-order valence-corrected chi connectivity index (χ3v) is 4.38. The SMILES string of the molecule is CC(C)Cc1cnc2[nH]cc(C3CSC(C=O)=N3)c2c1. The molecule has 0 saturated carbocycles. The molecule has 1 unspecified atom stereocenters. The van der Waals surface area contributed by atoms with Gasteiger partial charge in [-0.15, -0.1) is 11.8 Å². The zero-order valence-electron chi connectivity index (χ0n) is 11.6. The summed E-state index contributed by atoms with van der Waals surface area (Å²) in [6, 6.07) is 2.26. The van der Waals surface area contributed by atoms with Gasteiger partial charge in [-0.1, -0.05) is 13.8 Å². The van der Waals surface area contributed by atoms with E-state index in [9.17, 15) is 4.79 Å². The predicted octanol–water partition coefficient (Wildman–Crippen LogP) is 3.15. The van der Waals surface area contributed by atoms with Crippen molar-refractivity contribution in [1.82, 2.24) is 9.97 Å². The number of aldehydes is 1. The van der Waals surface area contributed by atoms with Gasteiger partial charge in [0.25, 0.3) is 0 Å². The molecule has 104 valence electrons. The highest BCUT2D eigenvalue weighted by molar-refractivity contribution is 8.15. The van der Waals surface area contributed by atoms with Crippen molar-refractivity contribution in [2.45, 2.75) is 26.3 Å². The molecule has 5 heteroatoms. The number of hydrogen-bond acceptors (Lipinski definition) is 4. The lowest BCUT2D eigenvalue weighted by Gasteiger charge is -2.07. The average Bonchev–Trinajstić information content (AvgIpc) is 3.02. The van der Waals surface area contributed by atoms with E-state index >= 15 is 0 Å². The van der Waals surface area contributed by atoms with Crippen LogP contribution in [0.15, 0.2) is 23.5 Å². The Kier molecular flexibility index (Phi) is 3.61. The summed E-state index contributed by atoms with van der Waals surface area (Å²) < 4.78 is 0. The number of nitrogens with one attached hydrogen (secondary N) is 1. The van der Waals surface area contributed by atoms with Crippen LogP contribution in [0, 0.1) is 5.92 Å². The van der Waals surface area contributed by atoms with Gasteiger partial charge < -0.3 is 4.98 Å². The molecule has 0 aromatic carbocycles. The lowest BCUT2D eigenvalue weighted by atomic mass is 10.0. The molecule has 1 N–H and O–H groups in total. The first-order valence-corrected chi connectivity index (χ1v) is 7.77. The lowest BCUT2D eigenvalue weighted by Crippen LogP contribution is -1.96. The highest BCUT2D eigenvalue weighted by Gasteiger charge is 2.22. The van der Waals surface area contributed by atoms with Crippen molar-refractivity contribution in [3.63, 3.8) is 0 Å². The third kappa shape index (κ3) is 2.50. The fourth-order valence-corrected chi connectivity index (χ4v) is 3.39. The van der Waals surface area contributed by atoms with Gasteiger partial charge in [-0.3, -0.25) is 9.79 Å². The standard InChI is InChI=1S/C15H17N3OS/c1-9(2)3-10-4-11-12(6-17-15(11)16-5-10)13-8-20-14(7-19)18-13/h4-7,9,13H,3,8H2,1-2H3,(H,16,17). The number of nitrogens with zero attached hydrogens (tertiary/aromatic N) is 2. The number of thioether (sulfide) groups is 1. The fraction of sp³-hybridized carbons (Fsp3) is 0.400. The molecule has 2 aromatic heterocycles. The van der Waals surface area contributed by atoms with Gasteiger partial charge in [0, 0.05) is 29.1 Å². The Morgan fingerprint density at radius 3 is 3.10 bits per heavy atom. The molecule has 0 aliphatic carbocycles. The number of aromatic amines is 1. The first kappa shape index (κ1) is 13.4. The van der Waals surface area contributed by atoms with Crippen molar-refractivity contribution in [3.05, 3.63) is 29.6 Å². The number of carbonyl (C=O) groups excluding carboxylic acids is 1. The van der Waals surface area contributed by atoms with Crippen LogP contribution >= 0.6 is 11.8 Å². The van der Waals surface area contributed by atoms with Crippen LogP contribution in [-0.2, 0) is 11.2 Å². The summed E-state index contributed by atoms with van der Waals surface area (Å²) in [4.78, 5) is 22.9. The maximum absolute atomic E-state index is 10.8. The molecule has 1 aliphatic heterocycles. The van der Waals surface area contributed by atoms with Crippen molar-refractivity contribution >= 4 is 34.1 Å². The average molecular weight is 287 g/mol. The highest BCUT2D eigenvalue weighted by atomic mass is 32.2. The molecule has 20 heavy (non-hydrogen) atoms. The molecule has 0 radical (unpaired) electrons. The summed E-state index contributed by atoms with van der Waals surface area (Å²) in [6.07, 6.45) is 5.77. The van der Waals surface area contributed by atoms with Crippen LogP contribution in [0.5, 0.6) is 0 Å². The van der Waals surface area contributed by atoms with Crippen LogP contribution in [0.3, 0.4) is 0 Å². The number of rotatable bonds is 4. The summed E-state index contributed by atoms with van der Waals surface area (Å²) >= 11 is 1.52. The molecule has 1 atom stereocenters. The molecule has 0 amide bonds. The Balaban J connectivity index is 1.99. The molecule has 0 spiro atoms. The van der Waals surface area contributed by atoms with Crippen LogP contribution in [0.2, 0.25) is 0 Å². The summed E-state index contributed by atoms with van der Waals surface area (Å²) in [5.41, 5.74) is 3.29. The molecule has 3 rings (SSSR count). The molecule has 3 heterocycles. The Morgan fingerprint density at radius 2 is 2.40 bits per heavy atom.